The summed E-state index contributed by atoms with van der Waals surface area (Å²) in [5.74, 6) is 0.439. The van der Waals surface area contributed by atoms with Gasteiger partial charge in [-0.15, -0.1) is 0 Å². The molecule has 198 valence electrons. The van der Waals surface area contributed by atoms with Crippen LogP contribution >= 0.6 is 0 Å². The molecule has 5 aromatic carbocycles. The Kier molecular flexibility index (Phi) is 6.09. The number of benzene rings is 5. The minimum absolute atomic E-state index is 0.0347. The van der Waals surface area contributed by atoms with Crippen LogP contribution < -0.4 is 9.75 Å². The second kappa shape index (κ2) is 10.1. The Labute approximate surface area is 239 Å². The normalized spacial score (nSPS) is 20.4. The SMILES string of the molecule is COc1ccc(C2=NN(c3ccccc3)[C@]3(C(=O)/C(=C/c4ccccc4)c4ccccc43)[C@@H]2c2ccccc2)cc1. The first-order valence-corrected chi connectivity index (χ1v) is 13.8. The highest BCUT2D eigenvalue weighted by molar-refractivity contribution is 6.36. The second-order valence-electron chi connectivity index (χ2n) is 10.3. The molecular weight excluding hydrogens is 504 g/mol. The van der Waals surface area contributed by atoms with Gasteiger partial charge in [-0.3, -0.25) is 4.79 Å². The summed E-state index contributed by atoms with van der Waals surface area (Å²) in [6, 6.07) is 46.5. The fourth-order valence-corrected chi connectivity index (χ4v) is 6.28. The molecule has 4 nitrogen and oxygen atoms in total. The zero-order chi connectivity index (χ0) is 27.8. The molecule has 2 atom stereocenters. The number of hydrazone groups is 1. The predicted molar refractivity (Wildman–Crippen MR) is 165 cm³/mol. The van der Waals surface area contributed by atoms with Crippen LogP contribution in [-0.2, 0) is 10.3 Å². The van der Waals surface area contributed by atoms with E-state index in [0.717, 1.165) is 45.0 Å². The largest absolute Gasteiger partial charge is 0.497 e. The molecule has 0 saturated heterocycles. The zero-order valence-electron chi connectivity index (χ0n) is 22.6. The molecule has 4 heteroatoms. The maximum absolute atomic E-state index is 15.2. The number of hydrogen-bond donors (Lipinski definition) is 0. The number of ketones is 1. The number of hydrogen-bond acceptors (Lipinski definition) is 4. The van der Waals surface area contributed by atoms with E-state index in [1.807, 2.05) is 126 Å². The molecule has 1 heterocycles. The molecule has 0 bridgehead atoms. The van der Waals surface area contributed by atoms with Crippen molar-refractivity contribution in [2.75, 3.05) is 12.1 Å². The van der Waals surface area contributed by atoms with E-state index in [2.05, 4.69) is 24.3 Å². The van der Waals surface area contributed by atoms with E-state index in [0.29, 0.717) is 5.57 Å². The van der Waals surface area contributed by atoms with Crippen molar-refractivity contribution in [3.63, 3.8) is 0 Å². The molecule has 0 amide bonds. The number of rotatable bonds is 5. The molecule has 1 aliphatic carbocycles. The topological polar surface area (TPSA) is 41.9 Å². The highest BCUT2D eigenvalue weighted by atomic mass is 16.5. The molecule has 1 spiro atoms. The third-order valence-corrected chi connectivity index (χ3v) is 8.08. The minimum Gasteiger partial charge on any atom is -0.497 e. The number of nitrogens with zero attached hydrogens (tertiary/aromatic N) is 2. The number of carbonyl (C=O) groups excluding carboxylic acids is 1. The lowest BCUT2D eigenvalue weighted by molar-refractivity contribution is -0.118. The lowest BCUT2D eigenvalue weighted by atomic mass is 9.71. The van der Waals surface area contributed by atoms with E-state index in [4.69, 9.17) is 9.84 Å². The third-order valence-electron chi connectivity index (χ3n) is 8.08. The molecule has 0 unspecified atom stereocenters. The monoisotopic (exact) mass is 532 g/mol. The first-order chi connectivity index (χ1) is 20.2. The first-order valence-electron chi connectivity index (χ1n) is 13.8. The van der Waals surface area contributed by atoms with Gasteiger partial charge in [0, 0.05) is 5.57 Å². The highest BCUT2D eigenvalue weighted by Gasteiger charge is 2.63. The third kappa shape index (κ3) is 3.91. The van der Waals surface area contributed by atoms with Gasteiger partial charge in [0.05, 0.1) is 24.4 Å². The Morgan fingerprint density at radius 2 is 1.34 bits per heavy atom. The van der Waals surface area contributed by atoms with Crippen LogP contribution in [0.3, 0.4) is 0 Å². The smallest absolute Gasteiger partial charge is 0.196 e. The lowest BCUT2D eigenvalue weighted by Crippen LogP contribution is -2.49. The summed E-state index contributed by atoms with van der Waals surface area (Å²) >= 11 is 0. The van der Waals surface area contributed by atoms with E-state index in [9.17, 15) is 0 Å². The van der Waals surface area contributed by atoms with Crippen molar-refractivity contribution in [3.05, 3.63) is 167 Å². The summed E-state index contributed by atoms with van der Waals surface area (Å²) in [7, 11) is 1.66. The maximum atomic E-state index is 15.2. The van der Waals surface area contributed by atoms with Gasteiger partial charge < -0.3 is 4.74 Å². The average molecular weight is 533 g/mol. The summed E-state index contributed by atoms with van der Waals surface area (Å²) in [6.07, 6.45) is 2.02. The Hall–Kier alpha value is -5.22. The van der Waals surface area contributed by atoms with Gasteiger partial charge in [-0.1, -0.05) is 103 Å². The summed E-state index contributed by atoms with van der Waals surface area (Å²) < 4.78 is 5.45. The van der Waals surface area contributed by atoms with Crippen LogP contribution in [0.4, 0.5) is 5.69 Å². The molecule has 5 aromatic rings. The van der Waals surface area contributed by atoms with Gasteiger partial charge in [0.15, 0.2) is 11.3 Å². The molecule has 2 aliphatic rings. The molecule has 0 aromatic heterocycles. The molecule has 0 fully saturated rings. The van der Waals surface area contributed by atoms with Crippen molar-refractivity contribution >= 4 is 28.8 Å². The van der Waals surface area contributed by atoms with Crippen LogP contribution in [-0.4, -0.2) is 18.6 Å². The molecule has 7 rings (SSSR count). The summed E-state index contributed by atoms with van der Waals surface area (Å²) in [5.41, 5.74) is 6.14. The molecule has 41 heavy (non-hydrogen) atoms. The zero-order valence-corrected chi connectivity index (χ0v) is 22.6. The number of anilines is 1. The van der Waals surface area contributed by atoms with Crippen molar-refractivity contribution in [2.24, 2.45) is 5.10 Å². The fraction of sp³-hybridized carbons (Fsp3) is 0.0811. The number of methoxy groups -OCH3 is 1. The van der Waals surface area contributed by atoms with Gasteiger partial charge in [-0.25, -0.2) is 5.01 Å². The minimum atomic E-state index is -1.12. The predicted octanol–water partition coefficient (Wildman–Crippen LogP) is 7.72. The number of fused-ring (bicyclic) bond motifs is 2. The van der Waals surface area contributed by atoms with E-state index in [-0.39, 0.29) is 11.7 Å². The second-order valence-corrected chi connectivity index (χ2v) is 10.3. The molecule has 0 radical (unpaired) electrons. The number of carbonyl (C=O) groups is 1. The quantitative estimate of drug-likeness (QED) is 0.218. The Balaban J connectivity index is 1.54. The summed E-state index contributed by atoms with van der Waals surface area (Å²) in [4.78, 5) is 15.2. The van der Waals surface area contributed by atoms with E-state index >= 15 is 4.79 Å². The van der Waals surface area contributed by atoms with Crippen LogP contribution in [0, 0.1) is 0 Å². The van der Waals surface area contributed by atoms with Gasteiger partial charge >= 0.3 is 0 Å². The maximum Gasteiger partial charge on any atom is 0.196 e. The summed E-state index contributed by atoms with van der Waals surface area (Å²) in [6.45, 7) is 0. The molecule has 1 aliphatic heterocycles. The van der Waals surface area contributed by atoms with Gasteiger partial charge in [-0.2, -0.15) is 5.10 Å². The Morgan fingerprint density at radius 1 is 0.732 bits per heavy atom. The average Bonchev–Trinajstić information content (AvgIpc) is 3.52. The van der Waals surface area contributed by atoms with E-state index in [1.165, 1.54) is 0 Å². The Morgan fingerprint density at radius 3 is 2.02 bits per heavy atom. The molecule has 0 saturated carbocycles. The fourth-order valence-electron chi connectivity index (χ4n) is 6.28. The van der Waals surface area contributed by atoms with Crippen molar-refractivity contribution in [2.45, 2.75) is 11.5 Å². The van der Waals surface area contributed by atoms with Gasteiger partial charge in [0.1, 0.15) is 5.75 Å². The van der Waals surface area contributed by atoms with E-state index in [1.54, 1.807) is 7.11 Å². The number of para-hydroxylation sites is 1. The lowest BCUT2D eigenvalue weighted by Gasteiger charge is -2.38. The van der Waals surface area contributed by atoms with Crippen molar-refractivity contribution in [3.8, 4) is 5.75 Å². The van der Waals surface area contributed by atoms with Crippen molar-refractivity contribution in [1.82, 2.24) is 0 Å². The number of Topliss-reactive ketones (excluding diaryl/α,β-unsaturated/α-hetero) is 1. The van der Waals surface area contributed by atoms with E-state index < -0.39 is 5.54 Å². The van der Waals surface area contributed by atoms with Gasteiger partial charge in [-0.05, 0) is 70.3 Å². The summed E-state index contributed by atoms with van der Waals surface area (Å²) in [5, 5.41) is 7.30. The first kappa shape index (κ1) is 24.8. The molecule has 0 N–H and O–H groups in total. The van der Waals surface area contributed by atoms with Crippen LogP contribution in [0.15, 0.2) is 145 Å². The van der Waals surface area contributed by atoms with Crippen LogP contribution in [0.25, 0.3) is 11.6 Å². The molecular formula is C37H28N2O2. The van der Waals surface area contributed by atoms with Crippen molar-refractivity contribution in [1.29, 1.82) is 0 Å². The Bertz CT molecular complexity index is 1780. The van der Waals surface area contributed by atoms with Gasteiger partial charge in [0.2, 0.25) is 0 Å². The van der Waals surface area contributed by atoms with Crippen LogP contribution in [0.2, 0.25) is 0 Å². The van der Waals surface area contributed by atoms with Crippen molar-refractivity contribution < 1.29 is 9.53 Å². The highest BCUT2D eigenvalue weighted by Crippen LogP contribution is 2.58. The van der Waals surface area contributed by atoms with Crippen LogP contribution in [0.1, 0.15) is 33.7 Å². The van der Waals surface area contributed by atoms with Gasteiger partial charge in [0.25, 0.3) is 0 Å². The standard InChI is InChI=1S/C37H28N2O2/c1-41-30-23-21-28(22-24-30)35-34(27-15-7-3-8-16-27)37(39(38-35)29-17-9-4-10-18-29)33-20-12-11-19-31(33)32(36(37)40)25-26-13-5-2-6-14-26/h2-25,34H,1H3/b32-25+/t34-,37+/m1/s1. The van der Waals surface area contributed by atoms with Crippen LogP contribution in [0.5, 0.6) is 5.75 Å². The number of ether oxygens (including phenoxy) is 1.